The van der Waals surface area contributed by atoms with Gasteiger partial charge in [0.15, 0.2) is 0 Å². The van der Waals surface area contributed by atoms with Gasteiger partial charge in [-0.15, -0.1) is 0 Å². The summed E-state index contributed by atoms with van der Waals surface area (Å²) in [5.74, 6) is 1.77. The van der Waals surface area contributed by atoms with Crippen molar-refractivity contribution in [1.82, 2.24) is 5.32 Å². The van der Waals surface area contributed by atoms with Crippen LogP contribution in [0.2, 0.25) is 5.02 Å². The van der Waals surface area contributed by atoms with Crippen molar-refractivity contribution >= 4 is 11.6 Å². The molecule has 1 heterocycles. The molecule has 1 N–H and O–H groups in total. The zero-order chi connectivity index (χ0) is 12.8. The number of furan rings is 1. The fourth-order valence-electron chi connectivity index (χ4n) is 1.63. The van der Waals surface area contributed by atoms with E-state index in [0.717, 1.165) is 28.7 Å². The lowest BCUT2D eigenvalue weighted by molar-refractivity contribution is 0.198. The molecule has 96 valence electrons. The normalized spacial score (nSPS) is 10.8. The lowest BCUT2D eigenvalue weighted by atomic mass is 10.2. The maximum Gasteiger partial charge on any atom is 0.134 e. The van der Waals surface area contributed by atoms with Crippen molar-refractivity contribution in [2.45, 2.75) is 6.54 Å². The first-order chi connectivity index (χ1) is 8.79. The molecule has 0 unspecified atom stereocenters. The molecule has 0 saturated heterocycles. The van der Waals surface area contributed by atoms with Gasteiger partial charge in [-0.25, -0.2) is 0 Å². The molecule has 18 heavy (non-hydrogen) atoms. The zero-order valence-corrected chi connectivity index (χ0v) is 11.0. The van der Waals surface area contributed by atoms with E-state index < -0.39 is 0 Å². The minimum atomic E-state index is 0.699. The molecule has 4 heteroatoms. The van der Waals surface area contributed by atoms with E-state index in [-0.39, 0.29) is 0 Å². The molecule has 0 radical (unpaired) electrons. The average Bonchev–Trinajstić information content (AvgIpc) is 2.84. The third kappa shape index (κ3) is 3.60. The van der Waals surface area contributed by atoms with Gasteiger partial charge < -0.3 is 14.5 Å². The first kappa shape index (κ1) is 13.1. The summed E-state index contributed by atoms with van der Waals surface area (Å²) in [4.78, 5) is 0. The van der Waals surface area contributed by atoms with E-state index in [1.54, 1.807) is 7.11 Å². The Morgan fingerprint density at radius 1 is 1.17 bits per heavy atom. The Labute approximate surface area is 112 Å². The Hall–Kier alpha value is -1.29. The molecule has 0 amide bonds. The van der Waals surface area contributed by atoms with Gasteiger partial charge in [0.05, 0.1) is 13.2 Å². The molecule has 2 rings (SSSR count). The van der Waals surface area contributed by atoms with Crippen LogP contribution in [0.4, 0.5) is 0 Å². The highest BCUT2D eigenvalue weighted by Gasteiger charge is 2.04. The molecule has 0 atom stereocenters. The summed E-state index contributed by atoms with van der Waals surface area (Å²) < 4.78 is 10.7. The molecule has 3 nitrogen and oxygen atoms in total. The van der Waals surface area contributed by atoms with Gasteiger partial charge in [-0.1, -0.05) is 11.6 Å². The summed E-state index contributed by atoms with van der Waals surface area (Å²) in [5, 5.41) is 3.97. The quantitative estimate of drug-likeness (QED) is 0.814. The van der Waals surface area contributed by atoms with Gasteiger partial charge in [0, 0.05) is 24.2 Å². The van der Waals surface area contributed by atoms with Crippen LogP contribution in [-0.4, -0.2) is 20.3 Å². The van der Waals surface area contributed by atoms with Crippen LogP contribution in [0.5, 0.6) is 0 Å². The molecule has 0 aliphatic heterocycles. The Morgan fingerprint density at radius 2 is 1.94 bits per heavy atom. The van der Waals surface area contributed by atoms with Crippen LogP contribution in [-0.2, 0) is 11.3 Å². The summed E-state index contributed by atoms with van der Waals surface area (Å²) in [5.41, 5.74) is 1.03. The van der Waals surface area contributed by atoms with Crippen molar-refractivity contribution in [2.24, 2.45) is 0 Å². The van der Waals surface area contributed by atoms with Gasteiger partial charge in [0.2, 0.25) is 0 Å². The first-order valence-electron chi connectivity index (χ1n) is 5.84. The highest BCUT2D eigenvalue weighted by molar-refractivity contribution is 6.30. The molecule has 0 saturated carbocycles. The van der Waals surface area contributed by atoms with Crippen molar-refractivity contribution < 1.29 is 9.15 Å². The van der Waals surface area contributed by atoms with Crippen LogP contribution < -0.4 is 5.32 Å². The Kier molecular flexibility index (Phi) is 4.81. The average molecular weight is 266 g/mol. The topological polar surface area (TPSA) is 34.4 Å². The van der Waals surface area contributed by atoms with E-state index >= 15 is 0 Å². The highest BCUT2D eigenvalue weighted by Crippen LogP contribution is 2.23. The van der Waals surface area contributed by atoms with E-state index in [2.05, 4.69) is 5.32 Å². The number of benzene rings is 1. The largest absolute Gasteiger partial charge is 0.460 e. The molecular formula is C14H16ClNO2. The smallest absolute Gasteiger partial charge is 0.134 e. The summed E-state index contributed by atoms with van der Waals surface area (Å²) >= 11 is 5.85. The fourth-order valence-corrected chi connectivity index (χ4v) is 1.75. The van der Waals surface area contributed by atoms with Crippen molar-refractivity contribution in [3.8, 4) is 11.3 Å². The van der Waals surface area contributed by atoms with Gasteiger partial charge >= 0.3 is 0 Å². The third-order valence-electron chi connectivity index (χ3n) is 2.57. The molecule has 2 aromatic rings. The van der Waals surface area contributed by atoms with Gasteiger partial charge in [0.1, 0.15) is 11.5 Å². The first-order valence-corrected chi connectivity index (χ1v) is 6.21. The van der Waals surface area contributed by atoms with Crippen LogP contribution in [0.1, 0.15) is 5.76 Å². The maximum atomic E-state index is 5.85. The van der Waals surface area contributed by atoms with Crippen LogP contribution in [0.25, 0.3) is 11.3 Å². The van der Waals surface area contributed by atoms with Gasteiger partial charge in [-0.2, -0.15) is 0 Å². The molecule has 0 bridgehead atoms. The second-order valence-electron chi connectivity index (χ2n) is 3.94. The molecule has 0 fully saturated rings. The number of methoxy groups -OCH3 is 1. The Balaban J connectivity index is 1.95. The Morgan fingerprint density at radius 3 is 2.67 bits per heavy atom. The van der Waals surface area contributed by atoms with E-state index in [9.17, 15) is 0 Å². The monoisotopic (exact) mass is 265 g/mol. The number of halogens is 1. The van der Waals surface area contributed by atoms with Crippen LogP contribution >= 0.6 is 11.6 Å². The Bertz CT molecular complexity index is 479. The second-order valence-corrected chi connectivity index (χ2v) is 4.38. The number of ether oxygens (including phenoxy) is 1. The van der Waals surface area contributed by atoms with Crippen molar-refractivity contribution in [1.29, 1.82) is 0 Å². The van der Waals surface area contributed by atoms with E-state index in [0.29, 0.717) is 13.2 Å². The molecule has 0 aliphatic rings. The lowest BCUT2D eigenvalue weighted by Crippen LogP contribution is -2.18. The standard InChI is InChI=1S/C14H16ClNO2/c1-17-9-8-16-10-13-6-7-14(18-13)11-2-4-12(15)5-3-11/h2-7,16H,8-10H2,1H3. The predicted octanol–water partition coefficient (Wildman–Crippen LogP) is 3.34. The highest BCUT2D eigenvalue weighted by atomic mass is 35.5. The summed E-state index contributed by atoms with van der Waals surface area (Å²) in [7, 11) is 1.69. The molecular weight excluding hydrogens is 250 g/mol. The van der Waals surface area contributed by atoms with Crippen molar-refractivity contribution in [3.05, 3.63) is 47.2 Å². The number of hydrogen-bond donors (Lipinski definition) is 1. The molecule has 1 aromatic carbocycles. The molecule has 0 spiro atoms. The lowest BCUT2D eigenvalue weighted by Gasteiger charge is -2.01. The molecule has 0 aliphatic carbocycles. The number of hydrogen-bond acceptors (Lipinski definition) is 3. The van der Waals surface area contributed by atoms with Gasteiger partial charge in [-0.3, -0.25) is 0 Å². The predicted molar refractivity (Wildman–Crippen MR) is 72.7 cm³/mol. The number of nitrogens with one attached hydrogen (secondary N) is 1. The third-order valence-corrected chi connectivity index (χ3v) is 2.82. The van der Waals surface area contributed by atoms with Crippen molar-refractivity contribution in [3.63, 3.8) is 0 Å². The summed E-state index contributed by atoms with van der Waals surface area (Å²) in [6, 6.07) is 11.6. The maximum absolute atomic E-state index is 5.85. The van der Waals surface area contributed by atoms with E-state index in [1.807, 2.05) is 36.4 Å². The van der Waals surface area contributed by atoms with Crippen LogP contribution in [0, 0.1) is 0 Å². The summed E-state index contributed by atoms with van der Waals surface area (Å²) in [6.45, 7) is 2.22. The van der Waals surface area contributed by atoms with Gasteiger partial charge in [0.25, 0.3) is 0 Å². The van der Waals surface area contributed by atoms with Crippen LogP contribution in [0.3, 0.4) is 0 Å². The fraction of sp³-hybridized carbons (Fsp3) is 0.286. The van der Waals surface area contributed by atoms with Gasteiger partial charge in [-0.05, 0) is 36.4 Å². The van der Waals surface area contributed by atoms with E-state index in [1.165, 1.54) is 0 Å². The number of rotatable bonds is 6. The minimum absolute atomic E-state index is 0.699. The summed E-state index contributed by atoms with van der Waals surface area (Å²) in [6.07, 6.45) is 0. The van der Waals surface area contributed by atoms with E-state index in [4.69, 9.17) is 20.8 Å². The molecule has 1 aromatic heterocycles. The second kappa shape index (κ2) is 6.59. The minimum Gasteiger partial charge on any atom is -0.460 e. The van der Waals surface area contributed by atoms with Crippen molar-refractivity contribution in [2.75, 3.05) is 20.3 Å². The van der Waals surface area contributed by atoms with Crippen LogP contribution in [0.15, 0.2) is 40.8 Å². The SMILES string of the molecule is COCCNCc1ccc(-c2ccc(Cl)cc2)o1. The zero-order valence-electron chi connectivity index (χ0n) is 10.3.